The number of hydrogen-bond acceptors (Lipinski definition) is 6. The van der Waals surface area contributed by atoms with Crippen LogP contribution in [0.2, 0.25) is 0 Å². The van der Waals surface area contributed by atoms with Gasteiger partial charge >= 0.3 is 0 Å². The SMILES string of the molecule is CC(SC1=NC(=O)CS1)C(=O)Nc1nc2ccccc2s1. The maximum Gasteiger partial charge on any atom is 0.257 e. The second kappa shape index (κ2) is 6.17. The maximum atomic E-state index is 12.1. The number of amides is 2. The molecule has 1 N–H and O–H groups in total. The van der Waals surface area contributed by atoms with Crippen LogP contribution in [0.15, 0.2) is 29.3 Å². The molecule has 2 aromatic rings. The Morgan fingerprint density at radius 2 is 2.24 bits per heavy atom. The molecule has 8 heteroatoms. The van der Waals surface area contributed by atoms with E-state index in [1.54, 1.807) is 6.92 Å². The van der Waals surface area contributed by atoms with Crippen molar-refractivity contribution < 1.29 is 9.59 Å². The minimum absolute atomic E-state index is 0.137. The van der Waals surface area contributed by atoms with Crippen molar-refractivity contribution in [1.29, 1.82) is 0 Å². The normalized spacial score (nSPS) is 16.0. The number of para-hydroxylation sites is 1. The number of aromatic nitrogens is 1. The Kier molecular flexibility index (Phi) is 4.27. The predicted octanol–water partition coefficient (Wildman–Crippen LogP) is 2.99. The topological polar surface area (TPSA) is 71.4 Å². The number of carbonyl (C=O) groups excluding carboxylic acids is 2. The lowest BCUT2D eigenvalue weighted by molar-refractivity contribution is -0.116. The summed E-state index contributed by atoms with van der Waals surface area (Å²) in [6.45, 7) is 1.79. The Hall–Kier alpha value is -1.38. The van der Waals surface area contributed by atoms with E-state index in [4.69, 9.17) is 0 Å². The van der Waals surface area contributed by atoms with Crippen LogP contribution in [0.3, 0.4) is 0 Å². The van der Waals surface area contributed by atoms with E-state index in [0.717, 1.165) is 10.2 Å². The number of aliphatic imine (C=N–C) groups is 1. The molecule has 21 heavy (non-hydrogen) atoms. The molecular formula is C13H11N3O2S3. The molecule has 5 nitrogen and oxygen atoms in total. The third-order valence-corrected chi connectivity index (χ3v) is 5.89. The summed E-state index contributed by atoms with van der Waals surface area (Å²) in [5.41, 5.74) is 0.874. The van der Waals surface area contributed by atoms with Crippen molar-refractivity contribution >= 4 is 66.4 Å². The first kappa shape index (κ1) is 14.6. The van der Waals surface area contributed by atoms with E-state index in [0.29, 0.717) is 15.3 Å². The van der Waals surface area contributed by atoms with Gasteiger partial charge in [0.15, 0.2) is 5.13 Å². The fourth-order valence-corrected chi connectivity index (χ4v) is 4.54. The van der Waals surface area contributed by atoms with Crippen LogP contribution in [-0.4, -0.2) is 32.2 Å². The number of fused-ring (bicyclic) bond motifs is 1. The molecule has 1 aromatic heterocycles. The third-order valence-electron chi connectivity index (χ3n) is 2.71. The molecule has 2 amide bonds. The van der Waals surface area contributed by atoms with Crippen LogP contribution < -0.4 is 5.32 Å². The number of thioether (sulfide) groups is 2. The van der Waals surface area contributed by atoms with Crippen molar-refractivity contribution in [1.82, 2.24) is 4.98 Å². The molecule has 3 rings (SSSR count). The molecule has 1 aromatic carbocycles. The number of nitrogens with zero attached hydrogens (tertiary/aromatic N) is 2. The van der Waals surface area contributed by atoms with Gasteiger partial charge < -0.3 is 5.32 Å². The number of nitrogens with one attached hydrogen (secondary N) is 1. The molecule has 0 fully saturated rings. The monoisotopic (exact) mass is 337 g/mol. The lowest BCUT2D eigenvalue weighted by Gasteiger charge is -2.09. The molecule has 0 aliphatic carbocycles. The highest BCUT2D eigenvalue weighted by Gasteiger charge is 2.22. The number of thiazole rings is 1. The Balaban J connectivity index is 1.65. The van der Waals surface area contributed by atoms with Gasteiger partial charge in [-0.25, -0.2) is 4.98 Å². The first-order chi connectivity index (χ1) is 10.1. The van der Waals surface area contributed by atoms with Crippen molar-refractivity contribution in [3.05, 3.63) is 24.3 Å². The van der Waals surface area contributed by atoms with Gasteiger partial charge in [0.25, 0.3) is 5.91 Å². The molecule has 0 bridgehead atoms. The van der Waals surface area contributed by atoms with Crippen molar-refractivity contribution in [2.45, 2.75) is 12.2 Å². The predicted molar refractivity (Wildman–Crippen MR) is 90.2 cm³/mol. The van der Waals surface area contributed by atoms with E-state index in [-0.39, 0.29) is 17.1 Å². The minimum Gasteiger partial charge on any atom is -0.301 e. The summed E-state index contributed by atoms with van der Waals surface area (Å²) < 4.78 is 1.70. The van der Waals surface area contributed by atoms with Gasteiger partial charge in [-0.1, -0.05) is 47.0 Å². The first-order valence-electron chi connectivity index (χ1n) is 6.19. The van der Waals surface area contributed by atoms with Gasteiger partial charge in [-0.3, -0.25) is 9.59 Å². The van der Waals surface area contributed by atoms with Crippen LogP contribution >= 0.6 is 34.9 Å². The summed E-state index contributed by atoms with van der Waals surface area (Å²) in [5.74, 6) is 0.0946. The number of anilines is 1. The molecule has 1 aliphatic rings. The fraction of sp³-hybridized carbons (Fsp3) is 0.231. The lowest BCUT2D eigenvalue weighted by Crippen LogP contribution is -2.23. The zero-order chi connectivity index (χ0) is 14.8. The summed E-state index contributed by atoms with van der Waals surface area (Å²) in [6.07, 6.45) is 0. The van der Waals surface area contributed by atoms with Gasteiger partial charge in [0.1, 0.15) is 4.38 Å². The van der Waals surface area contributed by atoms with E-state index in [1.165, 1.54) is 34.9 Å². The Morgan fingerprint density at radius 3 is 2.95 bits per heavy atom. The summed E-state index contributed by atoms with van der Waals surface area (Å²) in [7, 11) is 0. The average molecular weight is 337 g/mol. The van der Waals surface area contributed by atoms with Crippen LogP contribution in [-0.2, 0) is 9.59 Å². The van der Waals surface area contributed by atoms with E-state index in [1.807, 2.05) is 24.3 Å². The number of rotatable bonds is 3. The van der Waals surface area contributed by atoms with E-state index >= 15 is 0 Å². The van der Waals surface area contributed by atoms with Gasteiger partial charge in [0.05, 0.1) is 21.2 Å². The summed E-state index contributed by atoms with van der Waals surface area (Å²) in [6, 6.07) is 7.74. The molecule has 0 saturated carbocycles. The van der Waals surface area contributed by atoms with E-state index < -0.39 is 0 Å². The highest BCUT2D eigenvalue weighted by molar-refractivity contribution is 8.39. The Morgan fingerprint density at radius 1 is 1.43 bits per heavy atom. The van der Waals surface area contributed by atoms with Gasteiger partial charge in [-0.2, -0.15) is 4.99 Å². The van der Waals surface area contributed by atoms with Gasteiger partial charge in [-0.15, -0.1) is 0 Å². The fourth-order valence-electron chi connectivity index (χ4n) is 1.69. The molecule has 1 aliphatic heterocycles. The lowest BCUT2D eigenvalue weighted by atomic mass is 10.3. The largest absolute Gasteiger partial charge is 0.301 e. The zero-order valence-corrected chi connectivity index (χ0v) is 13.5. The number of carbonyl (C=O) groups is 2. The van der Waals surface area contributed by atoms with E-state index in [9.17, 15) is 9.59 Å². The molecule has 0 radical (unpaired) electrons. The van der Waals surface area contributed by atoms with Crippen LogP contribution in [0.4, 0.5) is 5.13 Å². The van der Waals surface area contributed by atoms with E-state index in [2.05, 4.69) is 15.3 Å². The molecule has 2 heterocycles. The Labute approximate surface area is 133 Å². The van der Waals surface area contributed by atoms with Crippen molar-refractivity contribution in [3.8, 4) is 0 Å². The highest BCUT2D eigenvalue weighted by Crippen LogP contribution is 2.29. The quantitative estimate of drug-likeness (QED) is 0.932. The van der Waals surface area contributed by atoms with Crippen LogP contribution in [0.25, 0.3) is 10.2 Å². The van der Waals surface area contributed by atoms with Gasteiger partial charge in [0.2, 0.25) is 5.91 Å². The minimum atomic E-state index is -0.325. The standard InChI is InChI=1S/C13H11N3O2S3/c1-7(20-13-15-10(17)6-19-13)11(18)16-12-14-8-4-2-3-5-9(8)21-12/h2-5,7H,6H2,1H3,(H,14,16,18). The number of benzene rings is 1. The molecular weight excluding hydrogens is 326 g/mol. The van der Waals surface area contributed by atoms with Crippen molar-refractivity contribution in [3.63, 3.8) is 0 Å². The molecule has 1 unspecified atom stereocenters. The molecule has 0 saturated heterocycles. The first-order valence-corrected chi connectivity index (χ1v) is 8.87. The third kappa shape index (κ3) is 3.45. The van der Waals surface area contributed by atoms with Crippen LogP contribution in [0.1, 0.15) is 6.92 Å². The summed E-state index contributed by atoms with van der Waals surface area (Å²) in [4.78, 5) is 31.4. The average Bonchev–Trinajstić information content (AvgIpc) is 3.04. The highest BCUT2D eigenvalue weighted by atomic mass is 32.2. The van der Waals surface area contributed by atoms with Gasteiger partial charge in [-0.05, 0) is 19.1 Å². The van der Waals surface area contributed by atoms with Crippen molar-refractivity contribution in [2.24, 2.45) is 4.99 Å². The summed E-state index contributed by atoms with van der Waals surface area (Å²) in [5, 5.41) is 3.08. The smallest absolute Gasteiger partial charge is 0.257 e. The second-order valence-corrected chi connectivity index (χ2v) is 7.88. The Bertz CT molecular complexity index is 708. The number of hydrogen-bond donors (Lipinski definition) is 1. The molecule has 0 spiro atoms. The summed E-state index contributed by atoms with van der Waals surface area (Å²) >= 11 is 4.12. The van der Waals surface area contributed by atoms with Crippen molar-refractivity contribution in [2.75, 3.05) is 11.1 Å². The molecule has 108 valence electrons. The zero-order valence-electron chi connectivity index (χ0n) is 11.0. The second-order valence-electron chi connectivity index (χ2n) is 4.30. The molecule has 1 atom stereocenters. The van der Waals surface area contributed by atoms with Crippen LogP contribution in [0, 0.1) is 0 Å². The van der Waals surface area contributed by atoms with Gasteiger partial charge in [0, 0.05) is 0 Å². The maximum absolute atomic E-state index is 12.1. The van der Waals surface area contributed by atoms with Crippen LogP contribution in [0.5, 0.6) is 0 Å².